The van der Waals surface area contributed by atoms with E-state index in [0.717, 1.165) is 37.3 Å². The molecule has 2 aromatic rings. The molecule has 7 nitrogen and oxygen atoms in total. The summed E-state index contributed by atoms with van der Waals surface area (Å²) in [6.45, 7) is 1.44. The molecule has 2 aromatic heterocycles. The molecule has 0 saturated carbocycles. The minimum absolute atomic E-state index is 0.0135. The summed E-state index contributed by atoms with van der Waals surface area (Å²) in [6.07, 6.45) is 6.31. The Bertz CT molecular complexity index is 789. The summed E-state index contributed by atoms with van der Waals surface area (Å²) in [5.74, 6) is 0.914. The second kappa shape index (κ2) is 7.91. The zero-order chi connectivity index (χ0) is 18.5. The van der Waals surface area contributed by atoms with Gasteiger partial charge < -0.3 is 20.1 Å². The maximum Gasteiger partial charge on any atom is 0.255 e. The minimum atomic E-state index is -0.0135. The highest BCUT2D eigenvalue weighted by Crippen LogP contribution is 2.19. The molecule has 2 N–H and O–H groups in total. The maximum atomic E-state index is 12.6. The number of pyridine rings is 1. The van der Waals surface area contributed by atoms with E-state index in [1.165, 1.54) is 0 Å². The lowest BCUT2D eigenvalue weighted by Crippen LogP contribution is -2.32. The summed E-state index contributed by atoms with van der Waals surface area (Å²) >= 11 is 0. The quantitative estimate of drug-likeness (QED) is 0.882. The van der Waals surface area contributed by atoms with Crippen LogP contribution in [0.2, 0.25) is 0 Å². The number of nitriles is 1. The molecule has 1 aliphatic rings. The van der Waals surface area contributed by atoms with Gasteiger partial charge >= 0.3 is 0 Å². The lowest BCUT2D eigenvalue weighted by molar-refractivity contribution is 0.0761. The number of nitrogens with zero attached hydrogens (tertiary/aromatic N) is 4. The molecule has 0 aliphatic carbocycles. The van der Waals surface area contributed by atoms with Gasteiger partial charge in [-0.05, 0) is 37.5 Å². The first-order valence-corrected chi connectivity index (χ1v) is 8.84. The highest BCUT2D eigenvalue weighted by atomic mass is 16.2. The Morgan fingerprint density at radius 3 is 2.88 bits per heavy atom. The predicted molar refractivity (Wildman–Crippen MR) is 101 cm³/mol. The Labute approximate surface area is 153 Å². The number of likely N-dealkylation sites (tertiary alicyclic amines) is 1. The van der Waals surface area contributed by atoms with Gasteiger partial charge in [0, 0.05) is 39.4 Å². The van der Waals surface area contributed by atoms with Crippen LogP contribution in [0.1, 0.15) is 35.3 Å². The fourth-order valence-electron chi connectivity index (χ4n) is 3.18. The number of H-pyrrole nitrogens is 1. The lowest BCUT2D eigenvalue weighted by Gasteiger charge is -2.21. The first-order valence-electron chi connectivity index (χ1n) is 8.84. The molecule has 0 spiro atoms. The summed E-state index contributed by atoms with van der Waals surface area (Å²) in [7, 11) is 3.94. The molecular formula is C19H24N6O. The Morgan fingerprint density at radius 1 is 1.38 bits per heavy atom. The molecule has 1 aliphatic heterocycles. The van der Waals surface area contributed by atoms with Gasteiger partial charge in [0.2, 0.25) is 0 Å². The molecule has 7 heteroatoms. The van der Waals surface area contributed by atoms with Crippen molar-refractivity contribution in [2.75, 3.05) is 37.4 Å². The van der Waals surface area contributed by atoms with Gasteiger partial charge in [-0.3, -0.25) is 4.79 Å². The van der Waals surface area contributed by atoms with Crippen molar-refractivity contribution in [1.29, 1.82) is 5.26 Å². The molecule has 26 heavy (non-hydrogen) atoms. The third-order valence-corrected chi connectivity index (χ3v) is 4.64. The average Bonchev–Trinajstić information content (AvgIpc) is 3.01. The van der Waals surface area contributed by atoms with Crippen LogP contribution in [0.3, 0.4) is 0 Å². The van der Waals surface area contributed by atoms with Crippen molar-refractivity contribution in [2.24, 2.45) is 0 Å². The Morgan fingerprint density at radius 2 is 2.23 bits per heavy atom. The molecule has 1 saturated heterocycles. The van der Waals surface area contributed by atoms with E-state index in [4.69, 9.17) is 5.26 Å². The Hall–Kier alpha value is -3.01. The van der Waals surface area contributed by atoms with E-state index in [0.29, 0.717) is 23.8 Å². The molecule has 0 bridgehead atoms. The topological polar surface area (TPSA) is 88.0 Å². The Kier molecular flexibility index (Phi) is 5.42. The minimum Gasteiger partial charge on any atom is -0.381 e. The van der Waals surface area contributed by atoms with Gasteiger partial charge in [0.1, 0.15) is 17.6 Å². The van der Waals surface area contributed by atoms with Gasteiger partial charge in [-0.15, -0.1) is 0 Å². The van der Waals surface area contributed by atoms with E-state index >= 15 is 0 Å². The van der Waals surface area contributed by atoms with Crippen LogP contribution in [0.15, 0.2) is 30.6 Å². The highest BCUT2D eigenvalue weighted by Gasteiger charge is 2.22. The van der Waals surface area contributed by atoms with Gasteiger partial charge in [-0.25, -0.2) is 4.98 Å². The number of aromatic amines is 1. The largest absolute Gasteiger partial charge is 0.381 e. The predicted octanol–water partition coefficient (Wildman–Crippen LogP) is 2.45. The number of nitrogens with one attached hydrogen (secondary N) is 2. The van der Waals surface area contributed by atoms with Gasteiger partial charge in [0.05, 0.1) is 17.4 Å². The third kappa shape index (κ3) is 4.14. The number of aromatic nitrogens is 2. The van der Waals surface area contributed by atoms with Crippen LogP contribution in [0.4, 0.5) is 11.5 Å². The fraction of sp³-hybridized carbons (Fsp3) is 0.421. The zero-order valence-corrected chi connectivity index (χ0v) is 15.2. The van der Waals surface area contributed by atoms with E-state index < -0.39 is 0 Å². The summed E-state index contributed by atoms with van der Waals surface area (Å²) in [5.41, 5.74) is 1.97. The van der Waals surface area contributed by atoms with Gasteiger partial charge in [-0.2, -0.15) is 5.26 Å². The summed E-state index contributed by atoms with van der Waals surface area (Å²) < 4.78 is 0. The van der Waals surface area contributed by atoms with E-state index in [9.17, 15) is 4.79 Å². The van der Waals surface area contributed by atoms with Crippen LogP contribution in [0.25, 0.3) is 0 Å². The van der Waals surface area contributed by atoms with Gasteiger partial charge in [0.15, 0.2) is 0 Å². The summed E-state index contributed by atoms with van der Waals surface area (Å²) in [6, 6.07) is 7.98. The monoisotopic (exact) mass is 352 g/mol. The fourth-order valence-corrected chi connectivity index (χ4v) is 3.18. The van der Waals surface area contributed by atoms with Crippen molar-refractivity contribution in [3.8, 4) is 6.07 Å². The van der Waals surface area contributed by atoms with Crippen molar-refractivity contribution in [2.45, 2.75) is 25.3 Å². The van der Waals surface area contributed by atoms with Crippen LogP contribution < -0.4 is 10.2 Å². The molecule has 0 radical (unpaired) electrons. The molecule has 1 fully saturated rings. The highest BCUT2D eigenvalue weighted by molar-refractivity contribution is 5.94. The van der Waals surface area contributed by atoms with E-state index in [2.05, 4.69) is 15.3 Å². The lowest BCUT2D eigenvalue weighted by atomic mass is 10.1. The van der Waals surface area contributed by atoms with Crippen LogP contribution >= 0.6 is 0 Å². The second-order valence-corrected chi connectivity index (χ2v) is 6.78. The average molecular weight is 352 g/mol. The number of amides is 1. The van der Waals surface area contributed by atoms with Crippen molar-refractivity contribution >= 4 is 17.4 Å². The SMILES string of the molecule is CN(C)c1ccc(N[C@@H]2CCCN(C(=O)c3c[nH]c(C#N)c3)CC2)cn1. The van der Waals surface area contributed by atoms with Crippen molar-refractivity contribution < 1.29 is 4.79 Å². The maximum absolute atomic E-state index is 12.6. The molecular weight excluding hydrogens is 328 g/mol. The zero-order valence-electron chi connectivity index (χ0n) is 15.2. The number of rotatable bonds is 4. The first kappa shape index (κ1) is 17.8. The standard InChI is InChI=1S/C19H24N6O/c1-24(2)18-6-5-16(13-22-18)23-15-4-3-8-25(9-7-15)19(26)14-10-17(11-20)21-12-14/h5-6,10,12-13,15,21,23H,3-4,7-9H2,1-2H3/t15-/m1/s1. The van der Waals surface area contributed by atoms with Crippen LogP contribution in [-0.2, 0) is 0 Å². The van der Waals surface area contributed by atoms with E-state index in [-0.39, 0.29) is 5.91 Å². The number of hydrogen-bond donors (Lipinski definition) is 2. The number of hydrogen-bond acceptors (Lipinski definition) is 5. The number of anilines is 2. The molecule has 0 aromatic carbocycles. The smallest absolute Gasteiger partial charge is 0.255 e. The van der Waals surface area contributed by atoms with E-state index in [1.54, 1.807) is 12.3 Å². The molecule has 1 amide bonds. The van der Waals surface area contributed by atoms with Crippen molar-refractivity contribution in [1.82, 2.24) is 14.9 Å². The van der Waals surface area contributed by atoms with E-state index in [1.807, 2.05) is 48.3 Å². The normalized spacial score (nSPS) is 17.3. The third-order valence-electron chi connectivity index (χ3n) is 4.64. The number of carbonyl (C=O) groups is 1. The summed E-state index contributed by atoms with van der Waals surface area (Å²) in [4.78, 5) is 23.7. The van der Waals surface area contributed by atoms with Crippen LogP contribution in [0.5, 0.6) is 0 Å². The van der Waals surface area contributed by atoms with Gasteiger partial charge in [0.25, 0.3) is 5.91 Å². The Balaban J connectivity index is 1.57. The molecule has 1 atom stereocenters. The van der Waals surface area contributed by atoms with Crippen molar-refractivity contribution in [3.05, 3.63) is 41.9 Å². The molecule has 3 rings (SSSR count). The van der Waals surface area contributed by atoms with Gasteiger partial charge in [-0.1, -0.05) is 0 Å². The van der Waals surface area contributed by atoms with Crippen LogP contribution in [-0.4, -0.2) is 54.0 Å². The summed E-state index contributed by atoms with van der Waals surface area (Å²) in [5, 5.41) is 12.4. The number of carbonyl (C=O) groups excluding carboxylic acids is 1. The van der Waals surface area contributed by atoms with Crippen LogP contribution in [0, 0.1) is 11.3 Å². The first-order chi connectivity index (χ1) is 12.6. The molecule has 3 heterocycles. The van der Waals surface area contributed by atoms with Crippen molar-refractivity contribution in [3.63, 3.8) is 0 Å². The molecule has 136 valence electrons. The second-order valence-electron chi connectivity index (χ2n) is 6.78. The molecule has 0 unspecified atom stereocenters.